The third-order valence-electron chi connectivity index (χ3n) is 5.35. The Labute approximate surface area is 185 Å². The van der Waals surface area contributed by atoms with Gasteiger partial charge in [-0.15, -0.1) is 10.2 Å². The number of aromatic nitrogens is 5. The van der Waals surface area contributed by atoms with E-state index in [1.807, 2.05) is 66.4 Å². The van der Waals surface area contributed by atoms with E-state index in [-0.39, 0.29) is 5.91 Å². The SMILES string of the molecule is Cc1cccc(Nc2ccc(N3CCN(C(=O)c4cnc5ccccc5n4)CC3)nn2)n1. The molecule has 1 aliphatic rings. The van der Waals surface area contributed by atoms with E-state index in [0.29, 0.717) is 37.7 Å². The lowest BCUT2D eigenvalue weighted by atomic mass is 10.2. The Bertz CT molecular complexity index is 1250. The maximum absolute atomic E-state index is 12.9. The van der Waals surface area contributed by atoms with Crippen molar-refractivity contribution >= 4 is 34.4 Å². The summed E-state index contributed by atoms with van der Waals surface area (Å²) in [6.45, 7) is 4.46. The Morgan fingerprint density at radius 1 is 0.844 bits per heavy atom. The van der Waals surface area contributed by atoms with Crippen LogP contribution in [-0.4, -0.2) is 62.1 Å². The molecule has 160 valence electrons. The highest BCUT2D eigenvalue weighted by atomic mass is 16.2. The lowest BCUT2D eigenvalue weighted by Crippen LogP contribution is -2.49. The molecule has 1 aromatic carbocycles. The molecule has 3 aromatic heterocycles. The molecule has 5 rings (SSSR count). The average Bonchev–Trinajstić information content (AvgIpc) is 2.84. The second-order valence-electron chi connectivity index (χ2n) is 7.59. The molecule has 1 aliphatic heterocycles. The number of amides is 1. The van der Waals surface area contributed by atoms with Crippen LogP contribution in [0.25, 0.3) is 11.0 Å². The minimum absolute atomic E-state index is 0.0980. The molecule has 1 N–H and O–H groups in total. The number of hydrogen-bond donors (Lipinski definition) is 1. The van der Waals surface area contributed by atoms with Gasteiger partial charge in [-0.1, -0.05) is 18.2 Å². The summed E-state index contributed by atoms with van der Waals surface area (Å²) in [6, 6.07) is 17.1. The van der Waals surface area contributed by atoms with Crippen molar-refractivity contribution in [2.45, 2.75) is 6.92 Å². The average molecular weight is 426 g/mol. The van der Waals surface area contributed by atoms with Gasteiger partial charge in [0.25, 0.3) is 5.91 Å². The molecule has 1 amide bonds. The van der Waals surface area contributed by atoms with Crippen LogP contribution in [0.4, 0.5) is 17.5 Å². The highest BCUT2D eigenvalue weighted by Gasteiger charge is 2.24. The molecule has 0 radical (unpaired) electrons. The van der Waals surface area contributed by atoms with Crippen LogP contribution >= 0.6 is 0 Å². The van der Waals surface area contributed by atoms with Gasteiger partial charge in [-0.3, -0.25) is 9.78 Å². The number of carbonyl (C=O) groups is 1. The number of rotatable bonds is 4. The fraction of sp³-hybridized carbons (Fsp3) is 0.217. The predicted molar refractivity (Wildman–Crippen MR) is 122 cm³/mol. The van der Waals surface area contributed by atoms with Crippen molar-refractivity contribution in [2.75, 3.05) is 36.4 Å². The van der Waals surface area contributed by atoms with Gasteiger partial charge in [0.15, 0.2) is 11.6 Å². The van der Waals surface area contributed by atoms with Crippen molar-refractivity contribution in [3.63, 3.8) is 0 Å². The van der Waals surface area contributed by atoms with E-state index in [2.05, 4.69) is 35.4 Å². The largest absolute Gasteiger partial charge is 0.352 e. The van der Waals surface area contributed by atoms with Gasteiger partial charge >= 0.3 is 0 Å². The monoisotopic (exact) mass is 426 g/mol. The van der Waals surface area contributed by atoms with E-state index in [1.54, 1.807) is 6.20 Å². The normalized spacial score (nSPS) is 13.9. The summed E-state index contributed by atoms with van der Waals surface area (Å²) in [6.07, 6.45) is 1.55. The van der Waals surface area contributed by atoms with Crippen molar-refractivity contribution < 1.29 is 4.79 Å². The Morgan fingerprint density at radius 2 is 1.66 bits per heavy atom. The van der Waals surface area contributed by atoms with E-state index < -0.39 is 0 Å². The summed E-state index contributed by atoms with van der Waals surface area (Å²) in [5.74, 6) is 2.05. The molecule has 32 heavy (non-hydrogen) atoms. The lowest BCUT2D eigenvalue weighted by Gasteiger charge is -2.35. The van der Waals surface area contributed by atoms with Gasteiger partial charge in [-0.2, -0.15) is 0 Å². The van der Waals surface area contributed by atoms with Crippen molar-refractivity contribution in [2.24, 2.45) is 0 Å². The van der Waals surface area contributed by atoms with Gasteiger partial charge in [-0.05, 0) is 43.3 Å². The minimum atomic E-state index is -0.0980. The number of pyridine rings is 1. The molecule has 9 nitrogen and oxygen atoms in total. The van der Waals surface area contributed by atoms with E-state index in [1.165, 1.54) is 0 Å². The maximum Gasteiger partial charge on any atom is 0.274 e. The topological polar surface area (TPSA) is 100 Å². The molecule has 4 heterocycles. The number of aryl methyl sites for hydroxylation is 1. The molecule has 0 spiro atoms. The molecule has 4 aromatic rings. The number of piperazine rings is 1. The summed E-state index contributed by atoms with van der Waals surface area (Å²) in [7, 11) is 0. The first-order valence-corrected chi connectivity index (χ1v) is 10.5. The van der Waals surface area contributed by atoms with Crippen molar-refractivity contribution in [1.29, 1.82) is 0 Å². The molecule has 1 saturated heterocycles. The molecule has 9 heteroatoms. The number of nitrogens with one attached hydrogen (secondary N) is 1. The maximum atomic E-state index is 12.9. The van der Waals surface area contributed by atoms with Gasteiger partial charge < -0.3 is 15.1 Å². The number of para-hydroxylation sites is 2. The van der Waals surface area contributed by atoms with Gasteiger partial charge in [0.05, 0.1) is 17.2 Å². The summed E-state index contributed by atoms with van der Waals surface area (Å²) < 4.78 is 0. The summed E-state index contributed by atoms with van der Waals surface area (Å²) in [5.41, 5.74) is 2.81. The Hall–Kier alpha value is -4.14. The molecule has 0 atom stereocenters. The zero-order chi connectivity index (χ0) is 21.9. The molecule has 0 bridgehead atoms. The van der Waals surface area contributed by atoms with Crippen LogP contribution < -0.4 is 10.2 Å². The number of hydrogen-bond acceptors (Lipinski definition) is 8. The third-order valence-corrected chi connectivity index (χ3v) is 5.35. The zero-order valence-electron chi connectivity index (χ0n) is 17.6. The van der Waals surface area contributed by atoms with Crippen LogP contribution in [0, 0.1) is 6.92 Å². The first-order chi connectivity index (χ1) is 15.7. The number of nitrogens with zero attached hydrogens (tertiary/aromatic N) is 7. The fourth-order valence-electron chi connectivity index (χ4n) is 3.67. The number of anilines is 3. The van der Waals surface area contributed by atoms with Crippen LogP contribution in [0.1, 0.15) is 16.2 Å². The van der Waals surface area contributed by atoms with E-state index in [0.717, 1.165) is 28.4 Å². The van der Waals surface area contributed by atoms with Crippen molar-refractivity contribution in [3.8, 4) is 0 Å². The Morgan fingerprint density at radius 3 is 2.41 bits per heavy atom. The smallest absolute Gasteiger partial charge is 0.274 e. The summed E-state index contributed by atoms with van der Waals surface area (Å²) >= 11 is 0. The lowest BCUT2D eigenvalue weighted by molar-refractivity contribution is 0.0740. The van der Waals surface area contributed by atoms with Crippen LogP contribution in [-0.2, 0) is 0 Å². The molecule has 0 aliphatic carbocycles. The summed E-state index contributed by atoms with van der Waals surface area (Å²) in [4.78, 5) is 30.1. The van der Waals surface area contributed by atoms with Gasteiger partial charge in [0.2, 0.25) is 0 Å². The zero-order valence-corrected chi connectivity index (χ0v) is 17.6. The van der Waals surface area contributed by atoms with Gasteiger partial charge in [-0.25, -0.2) is 9.97 Å². The van der Waals surface area contributed by atoms with Crippen LogP contribution in [0.15, 0.2) is 60.8 Å². The first-order valence-electron chi connectivity index (χ1n) is 10.5. The minimum Gasteiger partial charge on any atom is -0.352 e. The van der Waals surface area contributed by atoms with Crippen molar-refractivity contribution in [1.82, 2.24) is 30.0 Å². The predicted octanol–water partition coefficient (Wildman–Crippen LogP) is 2.83. The molecular formula is C23H22N8O. The van der Waals surface area contributed by atoms with Gasteiger partial charge in [0.1, 0.15) is 11.5 Å². The van der Waals surface area contributed by atoms with E-state index >= 15 is 0 Å². The third kappa shape index (κ3) is 4.18. The van der Waals surface area contributed by atoms with Gasteiger partial charge in [0, 0.05) is 31.9 Å². The molecule has 0 saturated carbocycles. The number of benzene rings is 1. The molecule has 1 fully saturated rings. The number of fused-ring (bicyclic) bond motifs is 1. The van der Waals surface area contributed by atoms with E-state index in [9.17, 15) is 4.79 Å². The molecular weight excluding hydrogens is 404 g/mol. The Balaban J connectivity index is 1.20. The Kier molecular flexibility index (Phi) is 5.29. The second kappa shape index (κ2) is 8.54. The standard InChI is InChI=1S/C23H22N8O/c1-16-5-4-8-20(25-16)27-21-9-10-22(29-28-21)30-11-13-31(14-12-30)23(32)19-15-24-17-6-2-3-7-18(17)26-19/h2-10,15H,11-14H2,1H3,(H,25,27,28). The second-order valence-corrected chi connectivity index (χ2v) is 7.59. The first kappa shape index (κ1) is 19.8. The van der Waals surface area contributed by atoms with E-state index in [4.69, 9.17) is 0 Å². The fourth-order valence-corrected chi connectivity index (χ4v) is 3.67. The quantitative estimate of drug-likeness (QED) is 0.532. The van der Waals surface area contributed by atoms with Crippen LogP contribution in [0.2, 0.25) is 0 Å². The van der Waals surface area contributed by atoms with Crippen molar-refractivity contribution in [3.05, 3.63) is 72.2 Å². The molecule has 0 unspecified atom stereocenters. The summed E-state index contributed by atoms with van der Waals surface area (Å²) in [5, 5.41) is 11.8. The number of carbonyl (C=O) groups excluding carboxylic acids is 1. The van der Waals surface area contributed by atoms with Crippen LogP contribution in [0.3, 0.4) is 0 Å². The highest BCUT2D eigenvalue weighted by Crippen LogP contribution is 2.18. The van der Waals surface area contributed by atoms with Crippen LogP contribution in [0.5, 0.6) is 0 Å². The highest BCUT2D eigenvalue weighted by molar-refractivity contribution is 5.94.